The van der Waals surface area contributed by atoms with Crippen LogP contribution < -0.4 is 0 Å². The third kappa shape index (κ3) is 3.26. The van der Waals surface area contributed by atoms with Crippen molar-refractivity contribution in [2.24, 2.45) is 5.41 Å². The average molecular weight is 311 g/mol. The van der Waals surface area contributed by atoms with E-state index >= 15 is 0 Å². The molecule has 0 amide bonds. The highest BCUT2D eigenvalue weighted by molar-refractivity contribution is 7.91. The first-order chi connectivity index (χ1) is 9.51. The highest BCUT2D eigenvalue weighted by Crippen LogP contribution is 2.31. The minimum Gasteiger partial charge on any atom is -0.367 e. The summed E-state index contributed by atoms with van der Waals surface area (Å²) in [6.07, 6.45) is 3.22. The van der Waals surface area contributed by atoms with E-state index in [0.29, 0.717) is 12.0 Å². The van der Waals surface area contributed by atoms with Gasteiger partial charge in [-0.2, -0.15) is 0 Å². The second kappa shape index (κ2) is 5.09. The summed E-state index contributed by atoms with van der Waals surface area (Å²) in [6.45, 7) is 5.66. The van der Waals surface area contributed by atoms with Crippen LogP contribution in [-0.4, -0.2) is 49.5 Å². The van der Waals surface area contributed by atoms with Crippen molar-refractivity contribution in [1.82, 2.24) is 4.90 Å². The summed E-state index contributed by atoms with van der Waals surface area (Å²) >= 11 is 0. The van der Waals surface area contributed by atoms with Crippen LogP contribution in [0.1, 0.15) is 27.2 Å². The largest absolute Gasteiger partial charge is 0.367 e. The minimum absolute atomic E-state index is 0.0398. The molecule has 1 fully saturated rings. The van der Waals surface area contributed by atoms with Crippen LogP contribution in [0.15, 0.2) is 23.4 Å². The number of nitrogens with zero attached hydrogens (tertiary/aromatic N) is 1. The van der Waals surface area contributed by atoms with E-state index in [1.165, 1.54) is 12.2 Å². The van der Waals surface area contributed by atoms with Crippen LogP contribution in [-0.2, 0) is 19.4 Å². The van der Waals surface area contributed by atoms with Gasteiger partial charge in [-0.25, -0.2) is 8.42 Å². The van der Waals surface area contributed by atoms with Gasteiger partial charge in [-0.1, -0.05) is 20.8 Å². The molecular weight excluding hydrogens is 290 g/mol. The number of carbonyl (C=O) groups excluding carboxylic acids is 2. The normalized spacial score (nSPS) is 25.6. The first-order valence-electron chi connectivity index (χ1n) is 6.97. The summed E-state index contributed by atoms with van der Waals surface area (Å²) < 4.78 is 23.1. The molecular formula is C15H21NO4S. The highest BCUT2D eigenvalue weighted by Gasteiger charge is 2.35. The number of hydrogen-bond donors (Lipinski definition) is 0. The molecule has 5 nitrogen and oxygen atoms in total. The molecule has 1 atom stereocenters. The predicted molar refractivity (Wildman–Crippen MR) is 80.5 cm³/mol. The highest BCUT2D eigenvalue weighted by atomic mass is 32.2. The summed E-state index contributed by atoms with van der Waals surface area (Å²) in [4.78, 5) is 26.1. The monoisotopic (exact) mass is 311 g/mol. The van der Waals surface area contributed by atoms with Crippen LogP contribution in [0.4, 0.5) is 0 Å². The number of carbonyl (C=O) groups is 2. The molecule has 0 bridgehead atoms. The van der Waals surface area contributed by atoms with Crippen molar-refractivity contribution < 1.29 is 18.0 Å². The lowest BCUT2D eigenvalue weighted by Gasteiger charge is -2.30. The molecule has 0 N–H and O–H groups in total. The molecule has 116 valence electrons. The van der Waals surface area contributed by atoms with Gasteiger partial charge in [0.25, 0.3) is 0 Å². The molecule has 2 aliphatic rings. The summed E-state index contributed by atoms with van der Waals surface area (Å²) in [5.74, 6) is -0.227. The van der Waals surface area contributed by atoms with Gasteiger partial charge in [0.05, 0.1) is 17.2 Å². The summed E-state index contributed by atoms with van der Waals surface area (Å²) in [5.41, 5.74) is 0.392. The van der Waals surface area contributed by atoms with Crippen LogP contribution in [0, 0.1) is 5.41 Å². The second-order valence-corrected chi connectivity index (χ2v) is 8.96. The predicted octanol–water partition coefficient (Wildman–Crippen LogP) is 1.11. The van der Waals surface area contributed by atoms with Gasteiger partial charge in [-0.15, -0.1) is 0 Å². The summed E-state index contributed by atoms with van der Waals surface area (Å²) in [7, 11) is -1.35. The van der Waals surface area contributed by atoms with Gasteiger partial charge in [0.15, 0.2) is 15.6 Å². The Hall–Kier alpha value is -1.43. The van der Waals surface area contributed by atoms with E-state index in [1.807, 2.05) is 20.8 Å². The lowest BCUT2D eigenvalue weighted by molar-refractivity contribution is -0.116. The molecule has 1 saturated heterocycles. The molecule has 6 heteroatoms. The zero-order valence-corrected chi connectivity index (χ0v) is 13.7. The number of allylic oxidation sites excluding steroid dienone is 3. The van der Waals surface area contributed by atoms with Crippen molar-refractivity contribution in [1.29, 1.82) is 0 Å². The van der Waals surface area contributed by atoms with Gasteiger partial charge in [0, 0.05) is 24.7 Å². The van der Waals surface area contributed by atoms with Gasteiger partial charge in [-0.05, 0) is 17.9 Å². The van der Waals surface area contributed by atoms with E-state index in [0.717, 1.165) is 0 Å². The van der Waals surface area contributed by atoms with E-state index in [4.69, 9.17) is 0 Å². The van der Waals surface area contributed by atoms with Gasteiger partial charge < -0.3 is 4.90 Å². The third-order valence-corrected chi connectivity index (χ3v) is 5.76. The molecule has 0 radical (unpaired) electrons. The van der Waals surface area contributed by atoms with Crippen molar-refractivity contribution in [3.8, 4) is 0 Å². The molecule has 21 heavy (non-hydrogen) atoms. The quantitative estimate of drug-likeness (QED) is 0.715. The van der Waals surface area contributed by atoms with Crippen molar-refractivity contribution >= 4 is 21.4 Å². The third-order valence-electron chi connectivity index (χ3n) is 4.01. The molecule has 0 aromatic carbocycles. The first-order valence-corrected chi connectivity index (χ1v) is 8.79. The molecule has 2 rings (SSSR count). The topological polar surface area (TPSA) is 71.5 Å². The fourth-order valence-corrected chi connectivity index (χ4v) is 4.46. The number of likely N-dealkylation sites (N-methyl/N-ethyl adjacent to an activating group) is 1. The van der Waals surface area contributed by atoms with E-state index in [9.17, 15) is 18.0 Å². The van der Waals surface area contributed by atoms with E-state index in [-0.39, 0.29) is 40.2 Å². The minimum atomic E-state index is -3.02. The smallest absolute Gasteiger partial charge is 0.202 e. The van der Waals surface area contributed by atoms with Crippen LogP contribution in [0.2, 0.25) is 0 Å². The molecule has 1 aliphatic heterocycles. The first kappa shape index (κ1) is 15.9. The molecule has 1 heterocycles. The fourth-order valence-electron chi connectivity index (χ4n) is 2.69. The lowest BCUT2D eigenvalue weighted by atomic mass is 9.80. The number of sulfone groups is 1. The van der Waals surface area contributed by atoms with Crippen LogP contribution in [0.25, 0.3) is 0 Å². The zero-order valence-electron chi connectivity index (χ0n) is 12.8. The average Bonchev–Trinajstić information content (AvgIpc) is 2.70. The van der Waals surface area contributed by atoms with Crippen LogP contribution >= 0.6 is 0 Å². The Morgan fingerprint density at radius 2 is 1.76 bits per heavy atom. The molecule has 0 aromatic rings. The van der Waals surface area contributed by atoms with Crippen molar-refractivity contribution in [2.45, 2.75) is 33.2 Å². The van der Waals surface area contributed by atoms with Gasteiger partial charge in [0.1, 0.15) is 0 Å². The number of hydrogen-bond acceptors (Lipinski definition) is 5. The van der Waals surface area contributed by atoms with Crippen LogP contribution in [0.3, 0.4) is 0 Å². The second-order valence-electron chi connectivity index (χ2n) is 6.73. The van der Waals surface area contributed by atoms with Gasteiger partial charge in [0.2, 0.25) is 5.78 Å². The molecule has 1 unspecified atom stereocenters. The van der Waals surface area contributed by atoms with Crippen molar-refractivity contribution in [3.63, 3.8) is 0 Å². The van der Waals surface area contributed by atoms with E-state index in [1.54, 1.807) is 11.9 Å². The number of rotatable bonds is 2. The fraction of sp³-hybridized carbons (Fsp3) is 0.600. The van der Waals surface area contributed by atoms with E-state index < -0.39 is 9.84 Å². The maximum atomic E-state index is 12.3. The van der Waals surface area contributed by atoms with Crippen LogP contribution in [0.5, 0.6) is 0 Å². The van der Waals surface area contributed by atoms with Gasteiger partial charge >= 0.3 is 0 Å². The van der Waals surface area contributed by atoms with Gasteiger partial charge in [-0.3, -0.25) is 9.59 Å². The Balaban J connectivity index is 2.24. The summed E-state index contributed by atoms with van der Waals surface area (Å²) in [6, 6.07) is -0.234. The molecule has 0 aromatic heterocycles. The maximum absolute atomic E-state index is 12.3. The molecule has 0 spiro atoms. The maximum Gasteiger partial charge on any atom is 0.202 e. The SMILES string of the molecule is CN(C1=CC(=O)C(C(C)(C)C)=CC1=O)C1CCS(=O)(=O)C1. The van der Waals surface area contributed by atoms with Crippen molar-refractivity contribution in [3.05, 3.63) is 23.4 Å². The Morgan fingerprint density at radius 1 is 1.14 bits per heavy atom. The van der Waals surface area contributed by atoms with Crippen molar-refractivity contribution in [2.75, 3.05) is 18.6 Å². The summed E-state index contributed by atoms with van der Waals surface area (Å²) in [5, 5.41) is 0. The molecule has 0 saturated carbocycles. The van der Waals surface area contributed by atoms with E-state index in [2.05, 4.69) is 0 Å². The Labute approximate surface area is 125 Å². The zero-order chi connectivity index (χ0) is 16.0. The Bertz CT molecular complexity index is 650. The lowest BCUT2D eigenvalue weighted by Crippen LogP contribution is -2.37. The Morgan fingerprint density at radius 3 is 2.24 bits per heavy atom. The standard InChI is InChI=1S/C15H21NO4S/c1-15(2,3)11-7-14(18)12(8-13(11)17)16(4)10-5-6-21(19,20)9-10/h7-8,10H,5-6,9H2,1-4H3. The number of ketones is 2. The Kier molecular flexibility index (Phi) is 3.86. The molecule has 1 aliphatic carbocycles.